The van der Waals surface area contributed by atoms with Crippen molar-refractivity contribution in [2.24, 2.45) is 5.92 Å². The van der Waals surface area contributed by atoms with Crippen molar-refractivity contribution >= 4 is 44.5 Å². The lowest BCUT2D eigenvalue weighted by atomic mass is 10.1. The minimum Gasteiger partial charge on any atom is -0.296 e. The van der Waals surface area contributed by atoms with Crippen LogP contribution in [0.3, 0.4) is 0 Å². The van der Waals surface area contributed by atoms with E-state index in [1.54, 1.807) is 11.8 Å². The third-order valence-electron chi connectivity index (χ3n) is 2.93. The van der Waals surface area contributed by atoms with E-state index < -0.39 is 0 Å². The molecule has 19 heavy (non-hydrogen) atoms. The van der Waals surface area contributed by atoms with Crippen LogP contribution in [-0.2, 0) is 9.59 Å². The Balaban J connectivity index is 2.09. The lowest BCUT2D eigenvalue weighted by molar-refractivity contribution is -0.117. The Hall–Kier alpha value is -0.880. The molecule has 2 heterocycles. The molecular formula is C13H15BrN2O2S. The highest BCUT2D eigenvalue weighted by Gasteiger charge is 2.31. The molecule has 0 N–H and O–H groups in total. The molecule has 0 saturated carbocycles. The minimum atomic E-state index is 0.0825. The van der Waals surface area contributed by atoms with Crippen molar-refractivity contribution in [2.75, 3.05) is 17.2 Å². The van der Waals surface area contributed by atoms with E-state index in [1.165, 1.54) is 11.8 Å². The Kier molecular flexibility index (Phi) is 4.62. The van der Waals surface area contributed by atoms with Crippen molar-refractivity contribution in [3.8, 4) is 0 Å². The second kappa shape index (κ2) is 6.05. The first kappa shape index (κ1) is 14.5. The predicted molar refractivity (Wildman–Crippen MR) is 80.3 cm³/mol. The zero-order chi connectivity index (χ0) is 14.0. The summed E-state index contributed by atoms with van der Waals surface area (Å²) in [6, 6.07) is 3.82. The van der Waals surface area contributed by atoms with Crippen molar-refractivity contribution < 1.29 is 9.59 Å². The number of thioether (sulfide) groups is 1. The Morgan fingerprint density at radius 2 is 2.32 bits per heavy atom. The monoisotopic (exact) mass is 342 g/mol. The van der Waals surface area contributed by atoms with Gasteiger partial charge in [-0.15, -0.1) is 0 Å². The molecule has 4 nitrogen and oxygen atoms in total. The van der Waals surface area contributed by atoms with Gasteiger partial charge in [0.25, 0.3) is 0 Å². The van der Waals surface area contributed by atoms with E-state index in [4.69, 9.17) is 0 Å². The number of carbonyl (C=O) groups is 2. The molecule has 1 aliphatic rings. The summed E-state index contributed by atoms with van der Waals surface area (Å²) in [5.41, 5.74) is 1.06. The van der Waals surface area contributed by atoms with Crippen LogP contribution in [0.5, 0.6) is 0 Å². The SMILES string of the molecule is CC(=O)SCC1CC(=O)N(c2cc(C)cc(Br)n2)C1. The molecule has 1 amide bonds. The first-order valence-electron chi connectivity index (χ1n) is 6.03. The average molecular weight is 343 g/mol. The van der Waals surface area contributed by atoms with Gasteiger partial charge in [0, 0.05) is 25.6 Å². The van der Waals surface area contributed by atoms with Crippen LogP contribution in [0.1, 0.15) is 18.9 Å². The molecule has 1 fully saturated rings. The Labute approximate surface area is 125 Å². The van der Waals surface area contributed by atoms with Gasteiger partial charge in [-0.2, -0.15) is 0 Å². The number of amides is 1. The van der Waals surface area contributed by atoms with E-state index >= 15 is 0 Å². The largest absolute Gasteiger partial charge is 0.296 e. The van der Waals surface area contributed by atoms with Crippen LogP contribution < -0.4 is 4.90 Å². The van der Waals surface area contributed by atoms with Gasteiger partial charge in [-0.3, -0.25) is 14.5 Å². The van der Waals surface area contributed by atoms with Gasteiger partial charge in [-0.25, -0.2) is 4.98 Å². The summed E-state index contributed by atoms with van der Waals surface area (Å²) in [6.45, 7) is 4.17. The zero-order valence-corrected chi connectivity index (χ0v) is 13.3. The lowest BCUT2D eigenvalue weighted by Gasteiger charge is -2.16. The van der Waals surface area contributed by atoms with E-state index in [9.17, 15) is 9.59 Å². The Morgan fingerprint density at radius 1 is 1.58 bits per heavy atom. The number of aromatic nitrogens is 1. The van der Waals surface area contributed by atoms with Gasteiger partial charge < -0.3 is 0 Å². The number of halogens is 1. The summed E-state index contributed by atoms with van der Waals surface area (Å²) >= 11 is 4.63. The summed E-state index contributed by atoms with van der Waals surface area (Å²) in [4.78, 5) is 29.1. The van der Waals surface area contributed by atoms with Crippen molar-refractivity contribution in [1.82, 2.24) is 4.98 Å². The normalized spacial score (nSPS) is 19.0. The Bertz CT molecular complexity index is 501. The maximum atomic E-state index is 12.0. The molecule has 6 heteroatoms. The van der Waals surface area contributed by atoms with Crippen LogP contribution in [0.2, 0.25) is 0 Å². The molecule has 1 unspecified atom stereocenters. The molecule has 0 aromatic carbocycles. The molecule has 1 aliphatic heterocycles. The molecule has 1 aromatic heterocycles. The van der Waals surface area contributed by atoms with Gasteiger partial charge in [-0.05, 0) is 46.5 Å². The van der Waals surface area contributed by atoms with E-state index in [1.807, 2.05) is 19.1 Å². The fraction of sp³-hybridized carbons (Fsp3) is 0.462. The highest BCUT2D eigenvalue weighted by Crippen LogP contribution is 2.27. The molecule has 2 rings (SSSR count). The summed E-state index contributed by atoms with van der Waals surface area (Å²) < 4.78 is 0.733. The molecule has 0 radical (unpaired) electrons. The van der Waals surface area contributed by atoms with Gasteiger partial charge in [0.15, 0.2) is 5.12 Å². The summed E-state index contributed by atoms with van der Waals surface area (Å²) in [5.74, 6) is 1.69. The highest BCUT2D eigenvalue weighted by atomic mass is 79.9. The average Bonchev–Trinajstić information content (AvgIpc) is 2.66. The zero-order valence-electron chi connectivity index (χ0n) is 10.9. The molecule has 0 spiro atoms. The highest BCUT2D eigenvalue weighted by molar-refractivity contribution is 9.10. The van der Waals surface area contributed by atoms with Gasteiger partial charge in [0.2, 0.25) is 5.91 Å². The third-order valence-corrected chi connectivity index (χ3v) is 4.38. The number of carbonyl (C=O) groups excluding carboxylic acids is 2. The van der Waals surface area contributed by atoms with Crippen LogP contribution >= 0.6 is 27.7 Å². The Morgan fingerprint density at radius 3 is 2.95 bits per heavy atom. The summed E-state index contributed by atoms with van der Waals surface area (Å²) in [5, 5.41) is 0.0994. The quantitative estimate of drug-likeness (QED) is 0.792. The van der Waals surface area contributed by atoms with Gasteiger partial charge >= 0.3 is 0 Å². The van der Waals surface area contributed by atoms with E-state index in [2.05, 4.69) is 20.9 Å². The van der Waals surface area contributed by atoms with E-state index in [-0.39, 0.29) is 16.9 Å². The number of nitrogens with zero attached hydrogens (tertiary/aromatic N) is 2. The predicted octanol–water partition coefficient (Wildman–Crippen LogP) is 2.79. The maximum absolute atomic E-state index is 12.0. The van der Waals surface area contributed by atoms with Crippen molar-refractivity contribution in [3.63, 3.8) is 0 Å². The molecule has 0 aliphatic carbocycles. The van der Waals surface area contributed by atoms with Crippen LogP contribution in [0.15, 0.2) is 16.7 Å². The second-order valence-corrected chi connectivity index (χ2v) is 6.71. The summed E-state index contributed by atoms with van der Waals surface area (Å²) in [7, 11) is 0. The minimum absolute atomic E-state index is 0.0825. The van der Waals surface area contributed by atoms with Crippen LogP contribution in [0.25, 0.3) is 0 Å². The van der Waals surface area contributed by atoms with Crippen LogP contribution in [0, 0.1) is 12.8 Å². The first-order valence-corrected chi connectivity index (χ1v) is 7.81. The number of pyridine rings is 1. The van der Waals surface area contributed by atoms with E-state index in [0.717, 1.165) is 10.2 Å². The number of hydrogen-bond donors (Lipinski definition) is 0. The molecule has 0 bridgehead atoms. The van der Waals surface area contributed by atoms with E-state index in [0.29, 0.717) is 24.5 Å². The van der Waals surface area contributed by atoms with Crippen LogP contribution in [-0.4, -0.2) is 28.3 Å². The van der Waals surface area contributed by atoms with Gasteiger partial charge in [0.1, 0.15) is 10.4 Å². The topological polar surface area (TPSA) is 50.3 Å². The smallest absolute Gasteiger partial charge is 0.228 e. The van der Waals surface area contributed by atoms with Gasteiger partial charge in [-0.1, -0.05) is 11.8 Å². The fourth-order valence-corrected chi connectivity index (χ4v) is 3.33. The molecular weight excluding hydrogens is 328 g/mol. The number of anilines is 1. The molecule has 102 valence electrons. The maximum Gasteiger partial charge on any atom is 0.228 e. The van der Waals surface area contributed by atoms with Crippen molar-refractivity contribution in [1.29, 1.82) is 0 Å². The second-order valence-electron chi connectivity index (χ2n) is 4.70. The number of rotatable bonds is 3. The summed E-state index contributed by atoms with van der Waals surface area (Å²) in [6.07, 6.45) is 0.494. The fourth-order valence-electron chi connectivity index (χ4n) is 2.10. The lowest BCUT2D eigenvalue weighted by Crippen LogP contribution is -2.25. The molecule has 1 aromatic rings. The van der Waals surface area contributed by atoms with Crippen molar-refractivity contribution in [2.45, 2.75) is 20.3 Å². The van der Waals surface area contributed by atoms with Crippen LogP contribution in [0.4, 0.5) is 5.82 Å². The van der Waals surface area contributed by atoms with Crippen molar-refractivity contribution in [3.05, 3.63) is 22.3 Å². The van der Waals surface area contributed by atoms with Gasteiger partial charge in [0.05, 0.1) is 0 Å². The molecule has 1 saturated heterocycles. The first-order chi connectivity index (χ1) is 8.95. The number of aryl methyl sites for hydroxylation is 1. The molecule has 1 atom stereocenters. The standard InChI is InChI=1S/C13H15BrN2O2S/c1-8-3-11(14)15-12(4-8)16-6-10(5-13(16)18)7-19-9(2)17/h3-4,10H,5-7H2,1-2H3. The number of hydrogen-bond acceptors (Lipinski definition) is 4. The third kappa shape index (κ3) is 3.79.